The molecule has 0 aliphatic rings. The Labute approximate surface area is 193 Å². The summed E-state index contributed by atoms with van der Waals surface area (Å²) in [5.74, 6) is -0.988. The molecular formula is C24H18F2N4O3S. The van der Waals surface area contributed by atoms with Crippen LogP contribution >= 0.6 is 0 Å². The molecule has 5 rings (SSSR count). The Morgan fingerprint density at radius 3 is 2.62 bits per heavy atom. The SMILES string of the molecule is CCS(=O)(=O)Nc1cc(-c2ccc(F)cc2F)cc(-n2cnc3cc(-c4cnco4)ccc32)c1. The summed E-state index contributed by atoms with van der Waals surface area (Å²) in [6, 6.07) is 13.6. The summed E-state index contributed by atoms with van der Waals surface area (Å²) in [5, 5.41) is 0. The summed E-state index contributed by atoms with van der Waals surface area (Å²) >= 11 is 0. The van der Waals surface area contributed by atoms with Crippen molar-refractivity contribution in [1.29, 1.82) is 0 Å². The molecule has 0 saturated heterocycles. The third kappa shape index (κ3) is 4.15. The normalized spacial score (nSPS) is 11.7. The molecule has 0 bridgehead atoms. The van der Waals surface area contributed by atoms with E-state index in [0.29, 0.717) is 22.5 Å². The molecule has 5 aromatic rings. The van der Waals surface area contributed by atoms with E-state index in [1.54, 1.807) is 29.2 Å². The molecule has 3 aromatic carbocycles. The van der Waals surface area contributed by atoms with Crippen LogP contribution in [-0.4, -0.2) is 28.7 Å². The monoisotopic (exact) mass is 480 g/mol. The van der Waals surface area contributed by atoms with Gasteiger partial charge in [-0.15, -0.1) is 0 Å². The van der Waals surface area contributed by atoms with E-state index >= 15 is 0 Å². The highest BCUT2D eigenvalue weighted by Crippen LogP contribution is 2.32. The molecular weight excluding hydrogens is 462 g/mol. The molecule has 0 amide bonds. The van der Waals surface area contributed by atoms with Gasteiger partial charge in [-0.3, -0.25) is 9.29 Å². The number of anilines is 1. The van der Waals surface area contributed by atoms with Crippen LogP contribution in [0, 0.1) is 11.6 Å². The molecule has 2 aromatic heterocycles. The molecule has 34 heavy (non-hydrogen) atoms. The van der Waals surface area contributed by atoms with Crippen LogP contribution < -0.4 is 4.72 Å². The van der Waals surface area contributed by atoms with Gasteiger partial charge >= 0.3 is 0 Å². The predicted octanol–water partition coefficient (Wildman–Crippen LogP) is 5.39. The van der Waals surface area contributed by atoms with Crippen LogP contribution in [0.25, 0.3) is 39.2 Å². The fraction of sp³-hybridized carbons (Fsp3) is 0.0833. The number of nitrogens with zero attached hydrogens (tertiary/aromatic N) is 3. The summed E-state index contributed by atoms with van der Waals surface area (Å²) in [7, 11) is -3.59. The van der Waals surface area contributed by atoms with Crippen molar-refractivity contribution in [3.05, 3.63) is 85.1 Å². The Bertz CT molecular complexity index is 1610. The van der Waals surface area contributed by atoms with Gasteiger partial charge in [0.15, 0.2) is 12.2 Å². The van der Waals surface area contributed by atoms with Gasteiger partial charge in [-0.2, -0.15) is 0 Å². The Morgan fingerprint density at radius 2 is 1.88 bits per heavy atom. The van der Waals surface area contributed by atoms with Crippen molar-refractivity contribution in [3.63, 3.8) is 0 Å². The van der Waals surface area contributed by atoms with Crippen LogP contribution in [0.3, 0.4) is 0 Å². The number of hydrogen-bond donors (Lipinski definition) is 1. The van der Waals surface area contributed by atoms with Gasteiger partial charge in [-0.05, 0) is 61.0 Å². The van der Waals surface area contributed by atoms with Crippen LogP contribution in [0.15, 0.2) is 77.9 Å². The van der Waals surface area contributed by atoms with Crippen LogP contribution in [0.1, 0.15) is 6.92 Å². The van der Waals surface area contributed by atoms with Gasteiger partial charge in [0.05, 0.1) is 28.7 Å². The molecule has 10 heteroatoms. The van der Waals surface area contributed by atoms with Crippen molar-refractivity contribution in [2.75, 3.05) is 10.5 Å². The van der Waals surface area contributed by atoms with Crippen LogP contribution in [0.2, 0.25) is 0 Å². The maximum absolute atomic E-state index is 14.6. The van der Waals surface area contributed by atoms with Crippen molar-refractivity contribution in [1.82, 2.24) is 14.5 Å². The van der Waals surface area contributed by atoms with Crippen LogP contribution in [0.4, 0.5) is 14.5 Å². The third-order valence-corrected chi connectivity index (χ3v) is 6.66. The number of sulfonamides is 1. The second kappa shape index (κ2) is 8.38. The molecule has 0 spiro atoms. The molecule has 0 aliphatic heterocycles. The summed E-state index contributed by atoms with van der Waals surface area (Å²) in [6.07, 6.45) is 4.54. The Hall–Kier alpha value is -4.05. The first kappa shape index (κ1) is 21.8. The minimum atomic E-state index is -3.59. The van der Waals surface area contributed by atoms with E-state index in [2.05, 4.69) is 14.7 Å². The minimum absolute atomic E-state index is 0.129. The number of imidazole rings is 1. The van der Waals surface area contributed by atoms with Gasteiger partial charge in [0.2, 0.25) is 10.0 Å². The number of hydrogen-bond acceptors (Lipinski definition) is 5. The lowest BCUT2D eigenvalue weighted by Crippen LogP contribution is -2.15. The number of benzene rings is 3. The topological polar surface area (TPSA) is 90.0 Å². The zero-order chi connectivity index (χ0) is 23.9. The number of fused-ring (bicyclic) bond motifs is 1. The standard InChI is InChI=1S/C24H18F2N4O3S/c1-2-34(31,32)29-18-7-16(20-5-4-17(25)10-21(20)26)8-19(11-18)30-13-28-22-9-15(3-6-23(22)30)24-12-27-14-33-24/h3-14,29H,2H2,1H3. The number of nitrogens with one attached hydrogen (secondary N) is 1. The lowest BCUT2D eigenvalue weighted by molar-refractivity contribution is 0.572. The molecule has 0 atom stereocenters. The zero-order valence-corrected chi connectivity index (χ0v) is 18.7. The van der Waals surface area contributed by atoms with E-state index < -0.39 is 21.7 Å². The largest absolute Gasteiger partial charge is 0.444 e. The molecule has 0 saturated carbocycles. The Balaban J connectivity index is 1.66. The van der Waals surface area contributed by atoms with Gasteiger partial charge in [-0.25, -0.2) is 27.2 Å². The Kier molecular flexibility index (Phi) is 5.37. The van der Waals surface area contributed by atoms with E-state index in [-0.39, 0.29) is 17.0 Å². The molecule has 172 valence electrons. The molecule has 0 unspecified atom stereocenters. The van der Waals surface area contributed by atoms with Gasteiger partial charge in [0.1, 0.15) is 18.0 Å². The van der Waals surface area contributed by atoms with Crippen molar-refractivity contribution >= 4 is 26.7 Å². The predicted molar refractivity (Wildman–Crippen MR) is 125 cm³/mol. The zero-order valence-electron chi connectivity index (χ0n) is 17.9. The fourth-order valence-electron chi connectivity index (χ4n) is 3.67. The van der Waals surface area contributed by atoms with Crippen LogP contribution in [-0.2, 0) is 10.0 Å². The lowest BCUT2D eigenvalue weighted by Gasteiger charge is -2.14. The quantitative estimate of drug-likeness (QED) is 0.352. The van der Waals surface area contributed by atoms with Gasteiger partial charge in [0, 0.05) is 22.9 Å². The first-order valence-corrected chi connectivity index (χ1v) is 12.0. The van der Waals surface area contributed by atoms with Gasteiger partial charge in [0.25, 0.3) is 0 Å². The highest BCUT2D eigenvalue weighted by Gasteiger charge is 2.15. The second-order valence-electron chi connectivity index (χ2n) is 7.58. The maximum Gasteiger partial charge on any atom is 0.232 e. The first-order chi connectivity index (χ1) is 16.3. The summed E-state index contributed by atoms with van der Waals surface area (Å²) in [6.45, 7) is 1.52. The number of halogens is 2. The average molecular weight is 480 g/mol. The van der Waals surface area contributed by atoms with Crippen molar-refractivity contribution < 1.29 is 21.6 Å². The molecule has 0 fully saturated rings. The highest BCUT2D eigenvalue weighted by molar-refractivity contribution is 7.92. The Morgan fingerprint density at radius 1 is 1.03 bits per heavy atom. The number of rotatable bonds is 6. The molecule has 2 heterocycles. The second-order valence-corrected chi connectivity index (χ2v) is 9.59. The van der Waals surface area contributed by atoms with Crippen molar-refractivity contribution in [3.8, 4) is 28.1 Å². The van der Waals surface area contributed by atoms with Crippen LogP contribution in [0.5, 0.6) is 0 Å². The maximum atomic E-state index is 14.6. The smallest absolute Gasteiger partial charge is 0.232 e. The molecule has 0 radical (unpaired) electrons. The van der Waals surface area contributed by atoms with Gasteiger partial charge < -0.3 is 4.42 Å². The lowest BCUT2D eigenvalue weighted by atomic mass is 10.0. The van der Waals surface area contributed by atoms with Crippen molar-refractivity contribution in [2.24, 2.45) is 0 Å². The van der Waals surface area contributed by atoms with E-state index in [1.807, 2.05) is 18.2 Å². The first-order valence-electron chi connectivity index (χ1n) is 10.3. The number of aromatic nitrogens is 3. The summed E-state index contributed by atoms with van der Waals surface area (Å²) < 4.78 is 62.1. The third-order valence-electron chi connectivity index (χ3n) is 5.36. The highest BCUT2D eigenvalue weighted by atomic mass is 32.2. The molecule has 7 nitrogen and oxygen atoms in total. The molecule has 0 aliphatic carbocycles. The minimum Gasteiger partial charge on any atom is -0.444 e. The van der Waals surface area contributed by atoms with E-state index in [0.717, 1.165) is 23.2 Å². The van der Waals surface area contributed by atoms with Gasteiger partial charge in [-0.1, -0.05) is 0 Å². The van der Waals surface area contributed by atoms with E-state index in [9.17, 15) is 17.2 Å². The average Bonchev–Trinajstić information content (AvgIpc) is 3.48. The summed E-state index contributed by atoms with van der Waals surface area (Å²) in [4.78, 5) is 8.38. The summed E-state index contributed by atoms with van der Waals surface area (Å²) in [5.41, 5.74) is 3.52. The molecule has 1 N–H and O–H groups in total. The fourth-order valence-corrected chi connectivity index (χ4v) is 4.29. The van der Waals surface area contributed by atoms with E-state index in [4.69, 9.17) is 4.42 Å². The number of oxazole rings is 1. The van der Waals surface area contributed by atoms with Crippen molar-refractivity contribution in [2.45, 2.75) is 6.92 Å². The van der Waals surface area contributed by atoms with E-state index in [1.165, 1.54) is 25.5 Å².